The molecule has 0 bridgehead atoms. The van der Waals surface area contributed by atoms with Crippen molar-refractivity contribution >= 4 is 28.4 Å². The van der Waals surface area contributed by atoms with Crippen molar-refractivity contribution in [2.45, 2.75) is 0 Å². The number of halogens is 1. The maximum Gasteiger partial charge on any atom is 0.296 e. The van der Waals surface area contributed by atoms with Gasteiger partial charge in [-0.05, 0) is 11.6 Å². The summed E-state index contributed by atoms with van der Waals surface area (Å²) in [6.45, 7) is 0. The van der Waals surface area contributed by atoms with Crippen molar-refractivity contribution in [3.8, 4) is 0 Å². The zero-order valence-corrected chi connectivity index (χ0v) is 7.25. The number of ketones is 2. The predicted molar refractivity (Wildman–Crippen MR) is 46.6 cm³/mol. The zero-order valence-electron chi connectivity index (χ0n) is 6.49. The second-order valence-electron chi connectivity index (χ2n) is 2.30. The van der Waals surface area contributed by atoms with Crippen LogP contribution in [0.25, 0.3) is 0 Å². The molecule has 0 fully saturated rings. The molecular formula is C9H5ClO3. The molecule has 0 saturated heterocycles. The lowest BCUT2D eigenvalue weighted by Crippen LogP contribution is -2.19. The van der Waals surface area contributed by atoms with Crippen molar-refractivity contribution in [1.82, 2.24) is 0 Å². The highest BCUT2D eigenvalue weighted by atomic mass is 35.5. The van der Waals surface area contributed by atoms with E-state index in [-0.39, 0.29) is 5.56 Å². The smallest absolute Gasteiger partial charge is 0.285 e. The summed E-state index contributed by atoms with van der Waals surface area (Å²) in [5, 5.41) is -1.26. The van der Waals surface area contributed by atoms with Crippen LogP contribution in [0.1, 0.15) is 10.4 Å². The third-order valence-corrected chi connectivity index (χ3v) is 1.59. The summed E-state index contributed by atoms with van der Waals surface area (Å²) >= 11 is 4.86. The Balaban J connectivity index is 2.93. The van der Waals surface area contributed by atoms with E-state index in [1.807, 2.05) is 0 Å². The summed E-state index contributed by atoms with van der Waals surface area (Å²) in [6, 6.07) is 7.78. The molecule has 66 valence electrons. The number of hydrogen-bond acceptors (Lipinski definition) is 3. The molecule has 0 aliphatic heterocycles. The number of carbonyl (C=O) groups excluding carboxylic acids is 3. The zero-order chi connectivity index (χ0) is 9.84. The minimum Gasteiger partial charge on any atom is -0.285 e. The van der Waals surface area contributed by atoms with Crippen LogP contribution < -0.4 is 0 Å². The highest BCUT2D eigenvalue weighted by Gasteiger charge is 2.21. The van der Waals surface area contributed by atoms with E-state index in [0.29, 0.717) is 0 Å². The van der Waals surface area contributed by atoms with Gasteiger partial charge in [0.05, 0.1) is 0 Å². The molecule has 1 rings (SSSR count). The van der Waals surface area contributed by atoms with E-state index in [1.165, 1.54) is 12.1 Å². The Labute approximate surface area is 79.3 Å². The molecule has 0 aliphatic carbocycles. The molecule has 0 saturated carbocycles. The maximum atomic E-state index is 11.1. The van der Waals surface area contributed by atoms with Gasteiger partial charge in [0.1, 0.15) is 0 Å². The molecule has 1 aromatic carbocycles. The summed E-state index contributed by atoms with van der Waals surface area (Å²) in [6.07, 6.45) is 0. The summed E-state index contributed by atoms with van der Waals surface area (Å²) in [5.74, 6) is -2.08. The Hall–Kier alpha value is -1.48. The minimum atomic E-state index is -1.26. The molecule has 0 amide bonds. The van der Waals surface area contributed by atoms with Crippen LogP contribution in [-0.4, -0.2) is 16.8 Å². The van der Waals surface area contributed by atoms with Crippen LogP contribution in [0.5, 0.6) is 0 Å². The van der Waals surface area contributed by atoms with Crippen LogP contribution in [0, 0.1) is 0 Å². The second kappa shape index (κ2) is 3.96. The Morgan fingerprint density at radius 3 is 2.00 bits per heavy atom. The van der Waals surface area contributed by atoms with Crippen molar-refractivity contribution in [3.63, 3.8) is 0 Å². The molecule has 0 radical (unpaired) electrons. The van der Waals surface area contributed by atoms with E-state index < -0.39 is 16.8 Å². The quantitative estimate of drug-likeness (QED) is 0.316. The van der Waals surface area contributed by atoms with Gasteiger partial charge in [0.2, 0.25) is 5.78 Å². The van der Waals surface area contributed by atoms with Gasteiger partial charge in [0.25, 0.3) is 11.0 Å². The van der Waals surface area contributed by atoms with Crippen molar-refractivity contribution in [3.05, 3.63) is 35.9 Å². The number of hydrogen-bond donors (Lipinski definition) is 0. The van der Waals surface area contributed by atoms with Crippen LogP contribution in [0.3, 0.4) is 0 Å². The van der Waals surface area contributed by atoms with Gasteiger partial charge in [0, 0.05) is 5.56 Å². The molecular weight excluding hydrogens is 192 g/mol. The van der Waals surface area contributed by atoms with E-state index in [2.05, 4.69) is 0 Å². The molecule has 0 N–H and O–H groups in total. The van der Waals surface area contributed by atoms with Crippen LogP contribution in [0.15, 0.2) is 30.3 Å². The van der Waals surface area contributed by atoms with Crippen LogP contribution in [0.4, 0.5) is 0 Å². The molecule has 3 nitrogen and oxygen atoms in total. The first kappa shape index (κ1) is 9.61. The summed E-state index contributed by atoms with van der Waals surface area (Å²) < 4.78 is 0. The van der Waals surface area contributed by atoms with Crippen LogP contribution in [0.2, 0.25) is 0 Å². The number of benzene rings is 1. The fourth-order valence-electron chi connectivity index (χ4n) is 0.810. The van der Waals surface area contributed by atoms with Gasteiger partial charge in [0.15, 0.2) is 0 Å². The molecule has 0 aromatic heterocycles. The number of Topliss-reactive ketones (excluding diaryl/α,β-unsaturated/α-hetero) is 2. The second-order valence-corrected chi connectivity index (χ2v) is 2.64. The van der Waals surface area contributed by atoms with Gasteiger partial charge in [-0.1, -0.05) is 30.3 Å². The summed E-state index contributed by atoms with van der Waals surface area (Å²) in [4.78, 5) is 32.3. The summed E-state index contributed by atoms with van der Waals surface area (Å²) in [5.41, 5.74) is 0.168. The van der Waals surface area contributed by atoms with E-state index in [9.17, 15) is 14.4 Å². The standard InChI is InChI=1S/C9H5ClO3/c10-9(13)8(12)7(11)6-4-2-1-3-5-6/h1-5H. The Morgan fingerprint density at radius 2 is 1.54 bits per heavy atom. The van der Waals surface area contributed by atoms with E-state index >= 15 is 0 Å². The molecule has 13 heavy (non-hydrogen) atoms. The Morgan fingerprint density at radius 1 is 1.00 bits per heavy atom. The molecule has 0 aliphatic rings. The molecule has 0 atom stereocenters. The fraction of sp³-hybridized carbons (Fsp3) is 0. The highest BCUT2D eigenvalue weighted by molar-refractivity contribution is 6.90. The first-order chi connectivity index (χ1) is 6.13. The van der Waals surface area contributed by atoms with Gasteiger partial charge >= 0.3 is 0 Å². The van der Waals surface area contributed by atoms with Gasteiger partial charge in [-0.15, -0.1) is 0 Å². The first-order valence-electron chi connectivity index (χ1n) is 3.46. The topological polar surface area (TPSA) is 51.2 Å². The summed E-state index contributed by atoms with van der Waals surface area (Å²) in [7, 11) is 0. The first-order valence-corrected chi connectivity index (χ1v) is 3.84. The largest absolute Gasteiger partial charge is 0.296 e. The SMILES string of the molecule is O=C(Cl)C(=O)C(=O)c1ccccc1. The molecule has 0 unspecified atom stereocenters. The van der Waals surface area contributed by atoms with Crippen LogP contribution >= 0.6 is 11.6 Å². The molecule has 4 heteroatoms. The molecule has 0 heterocycles. The molecule has 0 spiro atoms. The van der Waals surface area contributed by atoms with Crippen LogP contribution in [-0.2, 0) is 9.59 Å². The maximum absolute atomic E-state index is 11.1. The van der Waals surface area contributed by atoms with Crippen molar-refractivity contribution in [2.24, 2.45) is 0 Å². The van der Waals surface area contributed by atoms with Crippen molar-refractivity contribution in [1.29, 1.82) is 0 Å². The average Bonchev–Trinajstić information content (AvgIpc) is 2.17. The van der Waals surface area contributed by atoms with Gasteiger partial charge in [-0.25, -0.2) is 0 Å². The number of rotatable bonds is 3. The van der Waals surface area contributed by atoms with Crippen molar-refractivity contribution < 1.29 is 14.4 Å². The average molecular weight is 197 g/mol. The third kappa shape index (κ3) is 2.23. The molecule has 1 aromatic rings. The lowest BCUT2D eigenvalue weighted by Gasteiger charge is -1.94. The fourth-order valence-corrected chi connectivity index (χ4v) is 0.896. The highest BCUT2D eigenvalue weighted by Crippen LogP contribution is 2.01. The monoisotopic (exact) mass is 196 g/mol. The Bertz CT molecular complexity index is 356. The predicted octanol–water partition coefficient (Wildman–Crippen LogP) is 1.20. The third-order valence-electron chi connectivity index (χ3n) is 1.42. The van der Waals surface area contributed by atoms with Gasteiger partial charge in [-0.3, -0.25) is 14.4 Å². The lowest BCUT2D eigenvalue weighted by atomic mass is 10.1. The van der Waals surface area contributed by atoms with Gasteiger partial charge < -0.3 is 0 Å². The van der Waals surface area contributed by atoms with Gasteiger partial charge in [-0.2, -0.15) is 0 Å². The lowest BCUT2D eigenvalue weighted by molar-refractivity contribution is -0.129. The Kier molecular flexibility index (Phi) is 2.93. The van der Waals surface area contributed by atoms with Crippen molar-refractivity contribution in [2.75, 3.05) is 0 Å². The normalized spacial score (nSPS) is 9.31. The minimum absolute atomic E-state index is 0.168. The van der Waals surface area contributed by atoms with E-state index in [4.69, 9.17) is 11.6 Å². The number of carbonyl (C=O) groups is 3. The van der Waals surface area contributed by atoms with E-state index in [1.54, 1.807) is 18.2 Å². The van der Waals surface area contributed by atoms with E-state index in [0.717, 1.165) is 0 Å².